The molecule has 11 heavy (non-hydrogen) atoms. The summed E-state index contributed by atoms with van der Waals surface area (Å²) in [4.78, 5) is 10.5. The van der Waals surface area contributed by atoms with E-state index in [0.717, 1.165) is 19.3 Å². The maximum absolute atomic E-state index is 10.5. The van der Waals surface area contributed by atoms with Crippen molar-refractivity contribution in [1.82, 2.24) is 0 Å². The zero-order valence-corrected chi connectivity index (χ0v) is 7.13. The van der Waals surface area contributed by atoms with Crippen molar-refractivity contribution in [3.05, 3.63) is 6.61 Å². The summed E-state index contributed by atoms with van der Waals surface area (Å²) in [7, 11) is 0. The molecule has 0 aromatic rings. The predicted octanol–water partition coefficient (Wildman–Crippen LogP) is 2.51. The van der Waals surface area contributed by atoms with Gasteiger partial charge in [0, 0.05) is 0 Å². The molecule has 0 aliphatic carbocycles. The normalized spacial score (nSPS) is 9.27. The Kier molecular flexibility index (Phi) is 6.89. The van der Waals surface area contributed by atoms with E-state index in [1.165, 1.54) is 6.61 Å². The standard InChI is InChI=1S/C8H15O3/c1-3-5-6-7-11-8(9)10-4-2/h7H,3-6H2,1-2H3. The van der Waals surface area contributed by atoms with E-state index < -0.39 is 6.16 Å². The summed E-state index contributed by atoms with van der Waals surface area (Å²) in [6, 6.07) is 0. The third-order valence-corrected chi connectivity index (χ3v) is 1.12. The Labute approximate surface area is 67.7 Å². The van der Waals surface area contributed by atoms with Crippen molar-refractivity contribution in [2.45, 2.75) is 33.1 Å². The molecule has 0 aliphatic rings. The molecule has 3 nitrogen and oxygen atoms in total. The van der Waals surface area contributed by atoms with Gasteiger partial charge in [-0.25, -0.2) is 4.79 Å². The highest BCUT2D eigenvalue weighted by molar-refractivity contribution is 5.60. The molecule has 0 N–H and O–H groups in total. The van der Waals surface area contributed by atoms with Gasteiger partial charge in [-0.15, -0.1) is 0 Å². The lowest BCUT2D eigenvalue weighted by molar-refractivity contribution is 0.0763. The molecule has 0 spiro atoms. The van der Waals surface area contributed by atoms with Crippen molar-refractivity contribution in [1.29, 1.82) is 0 Å². The summed E-state index contributed by atoms with van der Waals surface area (Å²) in [5.41, 5.74) is 0. The zero-order valence-electron chi connectivity index (χ0n) is 7.13. The Morgan fingerprint density at radius 2 is 2.18 bits per heavy atom. The summed E-state index contributed by atoms with van der Waals surface area (Å²) < 4.78 is 9.13. The van der Waals surface area contributed by atoms with Crippen LogP contribution in [0, 0.1) is 6.61 Å². The molecule has 0 unspecified atom stereocenters. The molecule has 3 heteroatoms. The monoisotopic (exact) mass is 159 g/mol. The highest BCUT2D eigenvalue weighted by atomic mass is 16.7. The first-order chi connectivity index (χ1) is 5.31. The topological polar surface area (TPSA) is 35.5 Å². The first kappa shape index (κ1) is 10.3. The first-order valence-electron chi connectivity index (χ1n) is 3.96. The van der Waals surface area contributed by atoms with Crippen LogP contribution in [0.25, 0.3) is 0 Å². The van der Waals surface area contributed by atoms with E-state index in [2.05, 4.69) is 16.4 Å². The molecule has 0 atom stereocenters. The van der Waals surface area contributed by atoms with Gasteiger partial charge in [-0.2, -0.15) is 0 Å². The fraction of sp³-hybridized carbons (Fsp3) is 0.750. The summed E-state index contributed by atoms with van der Waals surface area (Å²) in [6.07, 6.45) is 2.33. The van der Waals surface area contributed by atoms with Crippen LogP contribution in [0.1, 0.15) is 33.1 Å². The number of hydrogen-bond donors (Lipinski definition) is 0. The SMILES string of the molecule is CCCC[CH]OC(=O)OCC. The molecule has 0 aliphatic heterocycles. The van der Waals surface area contributed by atoms with Crippen molar-refractivity contribution in [2.24, 2.45) is 0 Å². The van der Waals surface area contributed by atoms with Gasteiger partial charge >= 0.3 is 6.16 Å². The molecule has 0 aromatic carbocycles. The van der Waals surface area contributed by atoms with Gasteiger partial charge in [-0.1, -0.05) is 13.3 Å². The average Bonchev–Trinajstić information content (AvgIpc) is 1.99. The fourth-order valence-electron chi connectivity index (χ4n) is 0.566. The van der Waals surface area contributed by atoms with E-state index in [-0.39, 0.29) is 0 Å². The molecule has 0 rings (SSSR count). The van der Waals surface area contributed by atoms with Gasteiger partial charge in [0.25, 0.3) is 0 Å². The average molecular weight is 159 g/mol. The molecule has 0 bridgehead atoms. The third kappa shape index (κ3) is 7.16. The molecular weight excluding hydrogens is 144 g/mol. The molecule has 0 heterocycles. The van der Waals surface area contributed by atoms with Crippen LogP contribution in [0.4, 0.5) is 4.79 Å². The number of rotatable bonds is 5. The van der Waals surface area contributed by atoms with Crippen LogP contribution in [-0.2, 0) is 9.47 Å². The van der Waals surface area contributed by atoms with E-state index in [1.54, 1.807) is 6.92 Å². The lowest BCUT2D eigenvalue weighted by Crippen LogP contribution is -2.04. The maximum Gasteiger partial charge on any atom is 0.508 e. The molecular formula is C8H15O3. The van der Waals surface area contributed by atoms with Crippen molar-refractivity contribution < 1.29 is 14.3 Å². The Hall–Kier alpha value is -0.730. The third-order valence-electron chi connectivity index (χ3n) is 1.12. The van der Waals surface area contributed by atoms with E-state index in [1.807, 2.05) is 0 Å². The number of carbonyl (C=O) groups excluding carboxylic acids is 1. The van der Waals surface area contributed by atoms with Gasteiger partial charge in [0.1, 0.15) is 6.61 Å². The summed E-state index contributed by atoms with van der Waals surface area (Å²) >= 11 is 0. The van der Waals surface area contributed by atoms with Crippen molar-refractivity contribution in [3.8, 4) is 0 Å². The minimum absolute atomic E-state index is 0.362. The highest BCUT2D eigenvalue weighted by Gasteiger charge is 2.00. The van der Waals surface area contributed by atoms with Crippen LogP contribution < -0.4 is 0 Å². The van der Waals surface area contributed by atoms with Crippen LogP contribution >= 0.6 is 0 Å². The van der Waals surface area contributed by atoms with E-state index in [0.29, 0.717) is 6.61 Å². The number of hydrogen-bond acceptors (Lipinski definition) is 3. The van der Waals surface area contributed by atoms with Crippen molar-refractivity contribution >= 4 is 6.16 Å². The van der Waals surface area contributed by atoms with Gasteiger partial charge in [0.15, 0.2) is 0 Å². The second kappa shape index (κ2) is 7.38. The number of unbranched alkanes of at least 4 members (excludes halogenated alkanes) is 2. The minimum atomic E-state index is -0.608. The summed E-state index contributed by atoms with van der Waals surface area (Å²) in [5, 5.41) is 0. The molecule has 0 saturated carbocycles. The molecule has 1 radical (unpaired) electrons. The smallest absolute Gasteiger partial charge is 0.435 e. The van der Waals surface area contributed by atoms with Crippen LogP contribution in [0.15, 0.2) is 0 Å². The lowest BCUT2D eigenvalue weighted by atomic mass is 10.3. The quantitative estimate of drug-likeness (QED) is 0.456. The Bertz CT molecular complexity index is 102. The van der Waals surface area contributed by atoms with Crippen LogP contribution in [0.3, 0.4) is 0 Å². The maximum atomic E-state index is 10.5. The van der Waals surface area contributed by atoms with Crippen LogP contribution in [-0.4, -0.2) is 12.8 Å². The van der Waals surface area contributed by atoms with Crippen LogP contribution in [0.2, 0.25) is 0 Å². The van der Waals surface area contributed by atoms with E-state index in [4.69, 9.17) is 0 Å². The van der Waals surface area contributed by atoms with Gasteiger partial charge in [-0.05, 0) is 19.8 Å². The van der Waals surface area contributed by atoms with Crippen molar-refractivity contribution in [2.75, 3.05) is 6.61 Å². The molecule has 0 saturated heterocycles. The second-order valence-corrected chi connectivity index (χ2v) is 2.11. The highest BCUT2D eigenvalue weighted by Crippen LogP contribution is 1.99. The van der Waals surface area contributed by atoms with Gasteiger partial charge < -0.3 is 9.47 Å². The number of carbonyl (C=O) groups is 1. The summed E-state index contributed by atoms with van der Waals surface area (Å²) in [5.74, 6) is 0. The molecule has 0 fully saturated rings. The molecule has 0 amide bonds. The zero-order chi connectivity index (χ0) is 8.53. The van der Waals surface area contributed by atoms with Crippen LogP contribution in [0.5, 0.6) is 0 Å². The minimum Gasteiger partial charge on any atom is -0.435 e. The van der Waals surface area contributed by atoms with Gasteiger partial charge in [0.2, 0.25) is 0 Å². The van der Waals surface area contributed by atoms with Crippen molar-refractivity contribution in [3.63, 3.8) is 0 Å². The van der Waals surface area contributed by atoms with Gasteiger partial charge in [0.05, 0.1) is 6.61 Å². The molecule has 65 valence electrons. The van der Waals surface area contributed by atoms with E-state index >= 15 is 0 Å². The Balaban J connectivity index is 3.04. The fourth-order valence-corrected chi connectivity index (χ4v) is 0.566. The van der Waals surface area contributed by atoms with E-state index in [9.17, 15) is 4.79 Å². The molecule has 0 aromatic heterocycles. The summed E-state index contributed by atoms with van der Waals surface area (Å²) in [6.45, 7) is 5.67. The lowest BCUT2D eigenvalue weighted by Gasteiger charge is -2.01. The largest absolute Gasteiger partial charge is 0.508 e. The number of ether oxygens (including phenoxy) is 2. The second-order valence-electron chi connectivity index (χ2n) is 2.11. The predicted molar refractivity (Wildman–Crippen MR) is 41.9 cm³/mol. The first-order valence-corrected chi connectivity index (χ1v) is 3.96. The Morgan fingerprint density at radius 1 is 1.45 bits per heavy atom. The Morgan fingerprint density at radius 3 is 2.73 bits per heavy atom. The van der Waals surface area contributed by atoms with Gasteiger partial charge in [-0.3, -0.25) is 0 Å².